The number of nitrogens with zero attached hydrogens (tertiary/aromatic N) is 2. The molecule has 1 saturated heterocycles. The Hall–Kier alpha value is -0.610. The average Bonchev–Trinajstić information content (AvgIpc) is 2.17. The molecule has 4 nitrogen and oxygen atoms in total. The van der Waals surface area contributed by atoms with Crippen molar-refractivity contribution in [1.82, 2.24) is 4.90 Å². The van der Waals surface area contributed by atoms with E-state index in [1.54, 1.807) is 6.92 Å². The van der Waals surface area contributed by atoms with Gasteiger partial charge in [0.05, 0.1) is 11.8 Å². The van der Waals surface area contributed by atoms with Crippen molar-refractivity contribution in [2.75, 3.05) is 13.1 Å². The predicted octanol–water partition coefficient (Wildman–Crippen LogP) is 0.682. The molecule has 0 bridgehead atoms. The van der Waals surface area contributed by atoms with E-state index in [2.05, 4.69) is 10.1 Å². The summed E-state index contributed by atoms with van der Waals surface area (Å²) in [6.45, 7) is 5.59. The molecule has 2 unspecified atom stereocenters. The fourth-order valence-electron chi connectivity index (χ4n) is 1.59. The van der Waals surface area contributed by atoms with E-state index in [1.807, 2.05) is 6.92 Å². The summed E-state index contributed by atoms with van der Waals surface area (Å²) in [4.78, 5) is 2.22. The van der Waals surface area contributed by atoms with E-state index in [9.17, 15) is 5.11 Å². The van der Waals surface area contributed by atoms with Crippen LogP contribution in [0.1, 0.15) is 26.7 Å². The van der Waals surface area contributed by atoms with E-state index in [-0.39, 0.29) is 12.1 Å². The van der Waals surface area contributed by atoms with Gasteiger partial charge in [-0.15, -0.1) is 0 Å². The number of hydrogen-bond acceptors (Lipinski definition) is 4. The normalized spacial score (nSPS) is 24.1. The first-order valence-electron chi connectivity index (χ1n) is 4.77. The molecule has 76 valence electrons. The third-order valence-corrected chi connectivity index (χ3v) is 2.79. The van der Waals surface area contributed by atoms with Crippen LogP contribution in [0.25, 0.3) is 0 Å². The van der Waals surface area contributed by atoms with Crippen LogP contribution in [0.2, 0.25) is 0 Å². The number of hydrogen-bond donors (Lipinski definition) is 2. The largest absolute Gasteiger partial charge is 0.411 e. The van der Waals surface area contributed by atoms with Crippen LogP contribution < -0.4 is 0 Å². The maximum atomic E-state index is 9.37. The molecule has 13 heavy (non-hydrogen) atoms. The predicted molar refractivity (Wildman–Crippen MR) is 51.2 cm³/mol. The lowest BCUT2D eigenvalue weighted by Gasteiger charge is -2.33. The molecule has 1 heterocycles. The summed E-state index contributed by atoms with van der Waals surface area (Å²) in [7, 11) is 0. The molecule has 0 radical (unpaired) electrons. The molecule has 4 heteroatoms. The second kappa shape index (κ2) is 4.58. The molecule has 1 aliphatic heterocycles. The Labute approximate surface area is 78.9 Å². The van der Waals surface area contributed by atoms with Gasteiger partial charge in [0, 0.05) is 32.0 Å². The van der Waals surface area contributed by atoms with Crippen LogP contribution in [0, 0.1) is 0 Å². The lowest BCUT2D eigenvalue weighted by atomic mass is 10.1. The Kier molecular flexibility index (Phi) is 3.69. The highest BCUT2D eigenvalue weighted by Gasteiger charge is 2.22. The highest BCUT2D eigenvalue weighted by atomic mass is 16.4. The van der Waals surface area contributed by atoms with Crippen LogP contribution in [0.15, 0.2) is 5.16 Å². The van der Waals surface area contributed by atoms with Gasteiger partial charge in [-0.3, -0.25) is 4.90 Å². The van der Waals surface area contributed by atoms with Crippen LogP contribution in [-0.2, 0) is 0 Å². The minimum Gasteiger partial charge on any atom is -0.411 e. The van der Waals surface area contributed by atoms with E-state index in [0.717, 1.165) is 31.6 Å². The summed E-state index contributed by atoms with van der Waals surface area (Å²) in [5.41, 5.74) is 0.869. The van der Waals surface area contributed by atoms with Gasteiger partial charge in [0.2, 0.25) is 0 Å². The lowest BCUT2D eigenvalue weighted by molar-refractivity contribution is 0.0698. The fourth-order valence-corrected chi connectivity index (χ4v) is 1.59. The zero-order valence-corrected chi connectivity index (χ0v) is 8.27. The van der Waals surface area contributed by atoms with Crippen molar-refractivity contribution in [3.63, 3.8) is 0 Å². The summed E-state index contributed by atoms with van der Waals surface area (Å²) in [6, 6.07) is 0.195. The zero-order chi connectivity index (χ0) is 9.84. The molecule has 0 aromatic carbocycles. The third kappa shape index (κ3) is 2.67. The molecule has 1 aliphatic rings. The van der Waals surface area contributed by atoms with Crippen LogP contribution in [0.4, 0.5) is 0 Å². The minimum absolute atomic E-state index is 0.195. The van der Waals surface area contributed by atoms with Crippen LogP contribution >= 0.6 is 0 Å². The van der Waals surface area contributed by atoms with Gasteiger partial charge in [-0.1, -0.05) is 5.16 Å². The van der Waals surface area contributed by atoms with E-state index in [0.29, 0.717) is 0 Å². The number of likely N-dealkylation sites (tertiary alicyclic amines) is 1. The monoisotopic (exact) mass is 186 g/mol. The van der Waals surface area contributed by atoms with Crippen molar-refractivity contribution in [2.24, 2.45) is 5.16 Å². The van der Waals surface area contributed by atoms with Gasteiger partial charge in [-0.2, -0.15) is 0 Å². The lowest BCUT2D eigenvalue weighted by Crippen LogP contribution is -2.45. The first-order valence-corrected chi connectivity index (χ1v) is 4.77. The van der Waals surface area contributed by atoms with Crippen LogP contribution in [0.5, 0.6) is 0 Å². The number of piperidine rings is 1. The Morgan fingerprint density at radius 3 is 2.23 bits per heavy atom. The maximum Gasteiger partial charge on any atom is 0.0664 e. The molecule has 0 amide bonds. The first kappa shape index (κ1) is 10.5. The Morgan fingerprint density at radius 1 is 1.31 bits per heavy atom. The van der Waals surface area contributed by atoms with Crippen molar-refractivity contribution in [1.29, 1.82) is 0 Å². The van der Waals surface area contributed by atoms with E-state index in [4.69, 9.17) is 5.21 Å². The van der Waals surface area contributed by atoms with Gasteiger partial charge in [-0.25, -0.2) is 0 Å². The topological polar surface area (TPSA) is 56.1 Å². The molecule has 0 aromatic heterocycles. The molecule has 0 saturated carbocycles. The van der Waals surface area contributed by atoms with E-state index in [1.165, 1.54) is 0 Å². The van der Waals surface area contributed by atoms with Crippen LogP contribution in [0.3, 0.4) is 0 Å². The van der Waals surface area contributed by atoms with Crippen LogP contribution in [-0.4, -0.2) is 46.2 Å². The Balaban J connectivity index is 2.40. The molecule has 0 aromatic rings. The van der Waals surface area contributed by atoms with Crippen molar-refractivity contribution in [3.8, 4) is 0 Å². The maximum absolute atomic E-state index is 9.37. The molecule has 1 fully saturated rings. The molecule has 0 aliphatic carbocycles. The van der Waals surface area contributed by atoms with Gasteiger partial charge >= 0.3 is 0 Å². The van der Waals surface area contributed by atoms with Gasteiger partial charge < -0.3 is 10.3 Å². The van der Waals surface area contributed by atoms with Crippen molar-refractivity contribution in [2.45, 2.75) is 38.8 Å². The molecule has 1 rings (SSSR count). The molecule has 2 atom stereocenters. The smallest absolute Gasteiger partial charge is 0.0664 e. The fraction of sp³-hybridized carbons (Fsp3) is 0.889. The number of aliphatic hydroxyl groups is 1. The van der Waals surface area contributed by atoms with Crippen molar-refractivity contribution in [3.05, 3.63) is 0 Å². The second-order valence-electron chi connectivity index (χ2n) is 3.68. The summed E-state index contributed by atoms with van der Waals surface area (Å²) < 4.78 is 0. The highest BCUT2D eigenvalue weighted by molar-refractivity contribution is 5.84. The number of aliphatic hydroxyl groups excluding tert-OH is 1. The third-order valence-electron chi connectivity index (χ3n) is 2.79. The van der Waals surface area contributed by atoms with Gasteiger partial charge in [0.15, 0.2) is 0 Å². The SMILES string of the molecule is CC(O)C(C)N1CCC(=NO)CC1. The summed E-state index contributed by atoms with van der Waals surface area (Å²) in [5, 5.41) is 21.1. The van der Waals surface area contributed by atoms with E-state index < -0.39 is 0 Å². The molecule has 0 spiro atoms. The second-order valence-corrected chi connectivity index (χ2v) is 3.68. The number of rotatable bonds is 2. The summed E-state index contributed by atoms with van der Waals surface area (Å²) >= 11 is 0. The first-order chi connectivity index (χ1) is 6.15. The minimum atomic E-state index is -0.299. The van der Waals surface area contributed by atoms with Gasteiger partial charge in [0.25, 0.3) is 0 Å². The molecular formula is C9H18N2O2. The van der Waals surface area contributed by atoms with Crippen molar-refractivity contribution < 1.29 is 10.3 Å². The average molecular weight is 186 g/mol. The molecular weight excluding hydrogens is 168 g/mol. The number of oxime groups is 1. The van der Waals surface area contributed by atoms with Gasteiger partial charge in [0.1, 0.15) is 0 Å². The Bertz CT molecular complexity index is 182. The highest BCUT2D eigenvalue weighted by Crippen LogP contribution is 2.12. The summed E-state index contributed by atoms with van der Waals surface area (Å²) in [5.74, 6) is 0. The zero-order valence-electron chi connectivity index (χ0n) is 8.27. The standard InChI is InChI=1S/C9H18N2O2/c1-7(8(2)12)11-5-3-9(10-13)4-6-11/h7-8,12-13H,3-6H2,1-2H3. The Morgan fingerprint density at radius 2 is 1.85 bits per heavy atom. The molecule has 2 N–H and O–H groups in total. The quantitative estimate of drug-likeness (QED) is 0.492. The summed E-state index contributed by atoms with van der Waals surface area (Å²) in [6.07, 6.45) is 1.33. The van der Waals surface area contributed by atoms with Crippen molar-refractivity contribution >= 4 is 5.71 Å². The van der Waals surface area contributed by atoms with E-state index >= 15 is 0 Å². The van der Waals surface area contributed by atoms with Gasteiger partial charge in [-0.05, 0) is 13.8 Å².